The summed E-state index contributed by atoms with van der Waals surface area (Å²) in [6.45, 7) is 6.40. The zero-order chi connectivity index (χ0) is 21.7. The molecule has 0 spiro atoms. The van der Waals surface area contributed by atoms with Gasteiger partial charge in [0.05, 0.1) is 7.11 Å². The van der Waals surface area contributed by atoms with Crippen molar-refractivity contribution in [2.75, 3.05) is 33.3 Å². The fourth-order valence-corrected chi connectivity index (χ4v) is 7.08. The lowest BCUT2D eigenvalue weighted by Crippen LogP contribution is -2.53. The first-order valence-electron chi connectivity index (χ1n) is 12.7. The van der Waals surface area contributed by atoms with Gasteiger partial charge in [0.15, 0.2) is 0 Å². The van der Waals surface area contributed by atoms with E-state index in [9.17, 15) is 4.79 Å². The van der Waals surface area contributed by atoms with Crippen LogP contribution in [-0.4, -0.2) is 44.1 Å². The molecule has 0 heterocycles. The Bertz CT molecular complexity index is 696. The van der Waals surface area contributed by atoms with Crippen LogP contribution in [0.5, 0.6) is 5.75 Å². The van der Waals surface area contributed by atoms with E-state index >= 15 is 0 Å². The Morgan fingerprint density at radius 2 is 1.71 bits per heavy atom. The Balaban J connectivity index is 1.17. The van der Waals surface area contributed by atoms with Crippen molar-refractivity contribution in [2.24, 2.45) is 23.2 Å². The minimum Gasteiger partial charge on any atom is -0.496 e. The predicted molar refractivity (Wildman–Crippen MR) is 126 cm³/mol. The number of nitrogens with zero attached hydrogens (tertiary/aromatic N) is 1. The maximum absolute atomic E-state index is 13.1. The molecule has 0 aromatic heterocycles. The van der Waals surface area contributed by atoms with E-state index in [1.54, 1.807) is 7.11 Å². The molecule has 0 radical (unpaired) electrons. The van der Waals surface area contributed by atoms with Gasteiger partial charge in [-0.2, -0.15) is 0 Å². The summed E-state index contributed by atoms with van der Waals surface area (Å²) in [4.78, 5) is 15.6. The second-order valence-electron chi connectivity index (χ2n) is 10.6. The normalized spacial score (nSPS) is 28.8. The van der Waals surface area contributed by atoms with Gasteiger partial charge in [0.1, 0.15) is 5.75 Å². The van der Waals surface area contributed by atoms with Crippen molar-refractivity contribution in [3.8, 4) is 5.75 Å². The molecular weight excluding hydrogens is 384 g/mol. The highest BCUT2D eigenvalue weighted by Gasteiger charge is 2.54. The van der Waals surface area contributed by atoms with Crippen LogP contribution >= 0.6 is 0 Å². The van der Waals surface area contributed by atoms with Crippen molar-refractivity contribution in [1.29, 1.82) is 0 Å². The van der Waals surface area contributed by atoms with Crippen LogP contribution < -0.4 is 10.1 Å². The highest BCUT2D eigenvalue weighted by Crippen LogP contribution is 2.60. The summed E-state index contributed by atoms with van der Waals surface area (Å²) in [6.07, 6.45) is 12.1. The molecule has 4 saturated carbocycles. The smallest absolute Gasteiger partial charge is 0.226 e. The first-order chi connectivity index (χ1) is 15.1. The molecule has 1 aromatic carbocycles. The second-order valence-corrected chi connectivity index (χ2v) is 10.6. The monoisotopic (exact) mass is 426 g/mol. The molecule has 0 unspecified atom stereocenters. The predicted octanol–water partition coefficient (Wildman–Crippen LogP) is 5.06. The Morgan fingerprint density at radius 3 is 2.35 bits per heavy atom. The van der Waals surface area contributed by atoms with Crippen molar-refractivity contribution < 1.29 is 9.53 Å². The molecule has 0 atom stereocenters. The quantitative estimate of drug-likeness (QED) is 0.475. The van der Waals surface area contributed by atoms with Crippen LogP contribution in [0.4, 0.5) is 0 Å². The van der Waals surface area contributed by atoms with Gasteiger partial charge in [-0.3, -0.25) is 4.79 Å². The highest BCUT2D eigenvalue weighted by molar-refractivity contribution is 5.83. The summed E-state index contributed by atoms with van der Waals surface area (Å²) in [5.41, 5.74) is 1.28. The minimum atomic E-state index is -0.00225. The Hall–Kier alpha value is -1.55. The molecule has 0 aliphatic heterocycles. The Kier molecular flexibility index (Phi) is 7.58. The van der Waals surface area contributed by atoms with E-state index in [1.165, 1.54) is 50.5 Å². The summed E-state index contributed by atoms with van der Waals surface area (Å²) in [6, 6.07) is 8.34. The van der Waals surface area contributed by atoms with Gasteiger partial charge in [-0.15, -0.1) is 0 Å². The van der Waals surface area contributed by atoms with Gasteiger partial charge in [0.25, 0.3) is 0 Å². The molecule has 4 heteroatoms. The number of para-hydroxylation sites is 1. The topological polar surface area (TPSA) is 41.6 Å². The van der Waals surface area contributed by atoms with Crippen LogP contribution in [0.3, 0.4) is 0 Å². The number of ether oxygens (including phenoxy) is 1. The van der Waals surface area contributed by atoms with Crippen LogP contribution in [0.1, 0.15) is 70.3 Å². The Morgan fingerprint density at radius 1 is 1.03 bits per heavy atom. The van der Waals surface area contributed by atoms with Crippen molar-refractivity contribution in [3.63, 3.8) is 0 Å². The number of amides is 1. The van der Waals surface area contributed by atoms with Gasteiger partial charge in [-0.05, 0) is 107 Å². The van der Waals surface area contributed by atoms with E-state index in [4.69, 9.17) is 4.74 Å². The van der Waals surface area contributed by atoms with Crippen molar-refractivity contribution in [2.45, 2.75) is 71.1 Å². The van der Waals surface area contributed by atoms with Gasteiger partial charge in [0.2, 0.25) is 5.91 Å². The molecule has 4 fully saturated rings. The molecule has 4 nitrogen and oxygen atoms in total. The largest absolute Gasteiger partial charge is 0.496 e. The number of carbonyl (C=O) groups excluding carboxylic acids is 1. The van der Waals surface area contributed by atoms with E-state index in [0.29, 0.717) is 5.91 Å². The zero-order valence-corrected chi connectivity index (χ0v) is 19.7. The van der Waals surface area contributed by atoms with Gasteiger partial charge in [0, 0.05) is 18.5 Å². The molecule has 4 bridgehead atoms. The van der Waals surface area contributed by atoms with Crippen molar-refractivity contribution in [1.82, 2.24) is 10.2 Å². The van der Waals surface area contributed by atoms with Crippen LogP contribution in [0.2, 0.25) is 0 Å². The third-order valence-electron chi connectivity index (χ3n) is 8.14. The fraction of sp³-hybridized carbons (Fsp3) is 0.741. The van der Waals surface area contributed by atoms with Crippen molar-refractivity contribution in [3.05, 3.63) is 29.8 Å². The zero-order valence-electron chi connectivity index (χ0n) is 19.7. The van der Waals surface area contributed by atoms with Crippen LogP contribution in [0.15, 0.2) is 24.3 Å². The number of rotatable bonds is 12. The molecular formula is C27H42N2O2. The van der Waals surface area contributed by atoms with E-state index in [2.05, 4.69) is 29.3 Å². The fourth-order valence-electron chi connectivity index (χ4n) is 7.08. The summed E-state index contributed by atoms with van der Waals surface area (Å²) in [7, 11) is 1.75. The van der Waals surface area contributed by atoms with E-state index in [-0.39, 0.29) is 5.41 Å². The summed E-state index contributed by atoms with van der Waals surface area (Å²) >= 11 is 0. The average molecular weight is 427 g/mol. The lowest BCUT2D eigenvalue weighted by Gasteiger charge is -2.55. The van der Waals surface area contributed by atoms with E-state index in [1.807, 2.05) is 12.1 Å². The standard InChI is InChI=1S/C27H42N2O2/c1-3-12-29(14-10-24-8-4-5-9-25(24)31-2)13-7-6-11-28-26(30)27-18-21-15-22(19-27)17-23(16-21)20-27/h4-5,8-9,21-23H,3,6-7,10-20H2,1-2H3,(H,28,30). The third kappa shape index (κ3) is 5.45. The first-order valence-corrected chi connectivity index (χ1v) is 12.7. The molecule has 4 aliphatic carbocycles. The average Bonchev–Trinajstić information content (AvgIpc) is 2.76. The first kappa shape index (κ1) is 22.6. The number of nitrogens with one attached hydrogen (secondary N) is 1. The Labute approximate surface area is 189 Å². The summed E-state index contributed by atoms with van der Waals surface area (Å²) in [5.74, 6) is 3.88. The van der Waals surface area contributed by atoms with Crippen LogP contribution in [-0.2, 0) is 11.2 Å². The summed E-state index contributed by atoms with van der Waals surface area (Å²) in [5, 5.41) is 3.34. The molecule has 31 heavy (non-hydrogen) atoms. The molecule has 0 saturated heterocycles. The maximum Gasteiger partial charge on any atom is 0.226 e. The molecule has 172 valence electrons. The number of methoxy groups -OCH3 is 1. The third-order valence-corrected chi connectivity index (χ3v) is 8.14. The van der Waals surface area contributed by atoms with E-state index < -0.39 is 0 Å². The number of benzene rings is 1. The van der Waals surface area contributed by atoms with Crippen LogP contribution in [0.25, 0.3) is 0 Å². The SMILES string of the molecule is CCCN(CCCCNC(=O)C12CC3CC(CC(C3)C1)C2)CCc1ccccc1OC. The molecule has 5 rings (SSSR count). The van der Waals surface area contributed by atoms with Gasteiger partial charge in [-0.25, -0.2) is 0 Å². The second kappa shape index (κ2) is 10.4. The van der Waals surface area contributed by atoms with Crippen molar-refractivity contribution >= 4 is 5.91 Å². The highest BCUT2D eigenvalue weighted by atomic mass is 16.5. The number of hydrogen-bond acceptors (Lipinski definition) is 3. The summed E-state index contributed by atoms with van der Waals surface area (Å²) < 4.78 is 5.50. The van der Waals surface area contributed by atoms with Gasteiger partial charge >= 0.3 is 0 Å². The lowest BCUT2D eigenvalue weighted by atomic mass is 9.49. The van der Waals surface area contributed by atoms with Crippen LogP contribution in [0, 0.1) is 23.2 Å². The van der Waals surface area contributed by atoms with Gasteiger partial charge in [-0.1, -0.05) is 25.1 Å². The number of unbranched alkanes of at least 4 members (excludes halogenated alkanes) is 1. The molecule has 1 aromatic rings. The maximum atomic E-state index is 13.1. The molecule has 1 amide bonds. The number of carbonyl (C=O) groups is 1. The lowest BCUT2D eigenvalue weighted by molar-refractivity contribution is -0.146. The molecule has 4 aliphatic rings. The number of hydrogen-bond donors (Lipinski definition) is 1. The minimum absolute atomic E-state index is 0.00225. The molecule has 1 N–H and O–H groups in total. The van der Waals surface area contributed by atoms with E-state index in [0.717, 1.165) is 68.9 Å². The van der Waals surface area contributed by atoms with Gasteiger partial charge < -0.3 is 15.0 Å².